The number of carbonyl (C=O) groups excluding carboxylic acids is 3. The number of urea groups is 1. The summed E-state index contributed by atoms with van der Waals surface area (Å²) >= 11 is 1.49. The number of imide groups is 1. The van der Waals surface area contributed by atoms with E-state index in [4.69, 9.17) is 5.10 Å². The van der Waals surface area contributed by atoms with Gasteiger partial charge in [-0.2, -0.15) is 5.10 Å². The highest BCUT2D eigenvalue weighted by atomic mass is 32.1. The molecule has 156 valence electrons. The van der Waals surface area contributed by atoms with Gasteiger partial charge in [0.2, 0.25) is 5.91 Å². The van der Waals surface area contributed by atoms with Gasteiger partial charge in [-0.15, -0.1) is 11.3 Å². The molecule has 0 spiro atoms. The molecule has 2 aromatic rings. The van der Waals surface area contributed by atoms with E-state index in [-0.39, 0.29) is 24.4 Å². The Morgan fingerprint density at radius 3 is 2.72 bits per heavy atom. The average Bonchev–Trinajstić information content (AvgIpc) is 3.35. The van der Waals surface area contributed by atoms with Crippen molar-refractivity contribution in [1.82, 2.24) is 24.9 Å². The summed E-state index contributed by atoms with van der Waals surface area (Å²) in [6.45, 7) is 2.87. The number of aryl methyl sites for hydroxylation is 1. The number of fused-ring (bicyclic) bond motifs is 1. The first kappa shape index (κ1) is 19.9. The van der Waals surface area contributed by atoms with Gasteiger partial charge in [-0.3, -0.25) is 19.2 Å². The van der Waals surface area contributed by atoms with Crippen LogP contribution < -0.4 is 5.32 Å². The van der Waals surface area contributed by atoms with E-state index in [1.54, 1.807) is 7.05 Å². The Hall–Kier alpha value is -2.42. The second-order valence-electron chi connectivity index (χ2n) is 7.94. The van der Waals surface area contributed by atoms with Crippen molar-refractivity contribution in [1.29, 1.82) is 0 Å². The van der Waals surface area contributed by atoms with E-state index in [1.165, 1.54) is 40.4 Å². The van der Waals surface area contributed by atoms with Crippen LogP contribution in [0.15, 0.2) is 6.07 Å². The molecule has 0 radical (unpaired) electrons. The van der Waals surface area contributed by atoms with Crippen LogP contribution in [-0.2, 0) is 4.79 Å². The van der Waals surface area contributed by atoms with Gasteiger partial charge in [-0.25, -0.2) is 4.79 Å². The number of nitrogens with one attached hydrogen (secondary N) is 1. The zero-order chi connectivity index (χ0) is 20.5. The molecule has 29 heavy (non-hydrogen) atoms. The maximum absolute atomic E-state index is 12.6. The third-order valence-electron chi connectivity index (χ3n) is 5.79. The number of aromatic nitrogens is 2. The zero-order valence-corrected chi connectivity index (χ0v) is 17.8. The molecule has 0 atom stereocenters. The summed E-state index contributed by atoms with van der Waals surface area (Å²) in [6, 6.07) is 2.09. The van der Waals surface area contributed by atoms with Crippen LogP contribution in [0, 0.1) is 6.92 Å². The first-order valence-electron chi connectivity index (χ1n) is 10.3. The minimum atomic E-state index is -0.270. The molecule has 2 aliphatic rings. The largest absolute Gasteiger partial charge is 0.351 e. The second kappa shape index (κ2) is 8.14. The highest BCUT2D eigenvalue weighted by molar-refractivity contribution is 7.20. The lowest BCUT2D eigenvalue weighted by atomic mass is 9.96. The summed E-state index contributed by atoms with van der Waals surface area (Å²) in [4.78, 5) is 40.6. The Balaban J connectivity index is 1.36. The molecular weight excluding hydrogens is 390 g/mol. The van der Waals surface area contributed by atoms with Crippen LogP contribution in [0.25, 0.3) is 10.2 Å². The minimum absolute atomic E-state index is 0.114. The topological polar surface area (TPSA) is 87.5 Å². The quantitative estimate of drug-likeness (QED) is 0.578. The lowest BCUT2D eigenvalue weighted by molar-refractivity contribution is -0.125. The molecule has 4 amide bonds. The summed E-state index contributed by atoms with van der Waals surface area (Å²) in [5, 5.41) is 8.71. The van der Waals surface area contributed by atoms with Gasteiger partial charge < -0.3 is 10.2 Å². The molecule has 9 heteroatoms. The number of hydrogen-bond donors (Lipinski definition) is 1. The Kier molecular flexibility index (Phi) is 5.58. The monoisotopic (exact) mass is 417 g/mol. The molecule has 2 aromatic heterocycles. The lowest BCUT2D eigenvalue weighted by Gasteiger charge is -2.22. The molecule has 1 saturated carbocycles. The minimum Gasteiger partial charge on any atom is -0.351 e. The standard InChI is InChI=1S/C20H27N5O3S/c1-13-15-11-16(29-19(15)25(22-13)14-7-4-3-5-8-14)18(27)21-9-6-10-24-17(26)12-23(2)20(24)28/h11,14H,3-10,12H2,1-2H3,(H,21,27). The Morgan fingerprint density at radius 2 is 2.03 bits per heavy atom. The molecule has 3 heterocycles. The van der Waals surface area contributed by atoms with Crippen LogP contribution in [0.4, 0.5) is 4.79 Å². The average molecular weight is 418 g/mol. The van der Waals surface area contributed by atoms with Crippen LogP contribution in [-0.4, -0.2) is 64.1 Å². The van der Waals surface area contributed by atoms with E-state index in [1.807, 2.05) is 13.0 Å². The van der Waals surface area contributed by atoms with Gasteiger partial charge in [0.1, 0.15) is 11.4 Å². The number of carbonyl (C=O) groups is 3. The Labute approximate surface area is 173 Å². The van der Waals surface area contributed by atoms with Gasteiger partial charge in [0, 0.05) is 25.5 Å². The Morgan fingerprint density at radius 1 is 1.28 bits per heavy atom. The molecule has 0 unspecified atom stereocenters. The maximum Gasteiger partial charge on any atom is 0.326 e. The first-order valence-corrected chi connectivity index (χ1v) is 11.1. The van der Waals surface area contributed by atoms with Crippen LogP contribution in [0.3, 0.4) is 0 Å². The third-order valence-corrected chi connectivity index (χ3v) is 6.91. The zero-order valence-electron chi connectivity index (χ0n) is 16.9. The smallest absolute Gasteiger partial charge is 0.326 e. The molecule has 0 aromatic carbocycles. The fraction of sp³-hybridized carbons (Fsp3) is 0.600. The maximum atomic E-state index is 12.6. The fourth-order valence-electron chi connectivity index (χ4n) is 4.17. The molecule has 1 saturated heterocycles. The molecule has 1 N–H and O–H groups in total. The van der Waals surface area contributed by atoms with Gasteiger partial charge in [0.05, 0.1) is 16.6 Å². The van der Waals surface area contributed by atoms with Crippen molar-refractivity contribution >= 4 is 39.4 Å². The summed E-state index contributed by atoms with van der Waals surface area (Å²) in [6.07, 6.45) is 6.61. The summed E-state index contributed by atoms with van der Waals surface area (Å²) in [7, 11) is 1.61. The third kappa shape index (κ3) is 3.88. The molecule has 2 fully saturated rings. The van der Waals surface area contributed by atoms with Crippen LogP contribution >= 0.6 is 11.3 Å². The van der Waals surface area contributed by atoms with Gasteiger partial charge in [-0.1, -0.05) is 19.3 Å². The van der Waals surface area contributed by atoms with Gasteiger partial charge in [0.25, 0.3) is 5.91 Å². The van der Waals surface area contributed by atoms with E-state index < -0.39 is 0 Å². The van der Waals surface area contributed by atoms with Crippen molar-refractivity contribution < 1.29 is 14.4 Å². The van der Waals surface area contributed by atoms with E-state index in [0.29, 0.717) is 30.4 Å². The normalized spacial score (nSPS) is 18.3. The SMILES string of the molecule is Cc1nn(C2CCCCC2)c2sc(C(=O)NCCCN3C(=O)CN(C)C3=O)cc12. The van der Waals surface area contributed by atoms with Crippen molar-refractivity contribution in [3.8, 4) is 0 Å². The fourth-order valence-corrected chi connectivity index (χ4v) is 5.32. The highest BCUT2D eigenvalue weighted by Gasteiger charge is 2.32. The van der Waals surface area contributed by atoms with Crippen molar-refractivity contribution in [3.63, 3.8) is 0 Å². The van der Waals surface area contributed by atoms with Crippen LogP contribution in [0.5, 0.6) is 0 Å². The molecular formula is C20H27N5O3S. The number of rotatable bonds is 6. The van der Waals surface area contributed by atoms with Crippen LogP contribution in [0.2, 0.25) is 0 Å². The van der Waals surface area contributed by atoms with Crippen molar-refractivity contribution in [2.24, 2.45) is 0 Å². The number of hydrogen-bond acceptors (Lipinski definition) is 5. The molecule has 8 nitrogen and oxygen atoms in total. The predicted octanol–water partition coefficient (Wildman–Crippen LogP) is 2.93. The number of likely N-dealkylation sites (N-methyl/N-ethyl adjacent to an activating group) is 1. The summed E-state index contributed by atoms with van der Waals surface area (Å²) in [5.74, 6) is -0.298. The van der Waals surface area contributed by atoms with Gasteiger partial charge >= 0.3 is 6.03 Å². The highest BCUT2D eigenvalue weighted by Crippen LogP contribution is 2.35. The van der Waals surface area contributed by atoms with Gasteiger partial charge in [-0.05, 0) is 32.3 Å². The summed E-state index contributed by atoms with van der Waals surface area (Å²) < 4.78 is 2.13. The number of thiophene rings is 1. The number of amides is 4. The van der Waals surface area contributed by atoms with E-state index in [9.17, 15) is 14.4 Å². The molecule has 0 bridgehead atoms. The molecule has 4 rings (SSSR count). The first-order chi connectivity index (χ1) is 14.0. The predicted molar refractivity (Wildman–Crippen MR) is 111 cm³/mol. The van der Waals surface area contributed by atoms with E-state index in [0.717, 1.165) is 28.8 Å². The number of nitrogens with zero attached hydrogens (tertiary/aromatic N) is 4. The molecule has 1 aliphatic heterocycles. The molecule has 1 aliphatic carbocycles. The van der Waals surface area contributed by atoms with Crippen molar-refractivity contribution in [3.05, 3.63) is 16.6 Å². The second-order valence-corrected chi connectivity index (χ2v) is 8.98. The Bertz CT molecular complexity index is 943. The van der Waals surface area contributed by atoms with Crippen molar-refractivity contribution in [2.75, 3.05) is 26.7 Å². The van der Waals surface area contributed by atoms with E-state index >= 15 is 0 Å². The van der Waals surface area contributed by atoms with Gasteiger partial charge in [0.15, 0.2) is 0 Å². The summed E-state index contributed by atoms with van der Waals surface area (Å²) in [5.41, 5.74) is 0.969. The van der Waals surface area contributed by atoms with Crippen molar-refractivity contribution in [2.45, 2.75) is 51.5 Å². The van der Waals surface area contributed by atoms with E-state index in [2.05, 4.69) is 10.00 Å². The lowest BCUT2D eigenvalue weighted by Crippen LogP contribution is -2.34. The van der Waals surface area contributed by atoms with Crippen LogP contribution in [0.1, 0.15) is 59.9 Å².